The quantitative estimate of drug-likeness (QED) is 0.639. The smallest absolute Gasteiger partial charge is 0.161 e. The molecule has 0 amide bonds. The van der Waals surface area contributed by atoms with E-state index in [0.29, 0.717) is 0 Å². The van der Waals surface area contributed by atoms with E-state index < -0.39 is 0 Å². The van der Waals surface area contributed by atoms with Gasteiger partial charge in [0.05, 0.1) is 11.9 Å². The molecular weight excluding hydrogens is 186 g/mol. The van der Waals surface area contributed by atoms with Gasteiger partial charge in [-0.05, 0) is 12.5 Å². The van der Waals surface area contributed by atoms with Gasteiger partial charge in [0.1, 0.15) is 0 Å². The van der Waals surface area contributed by atoms with Crippen LogP contribution >= 0.6 is 0 Å². The van der Waals surface area contributed by atoms with E-state index in [1.807, 2.05) is 42.0 Å². The van der Waals surface area contributed by atoms with Crippen molar-refractivity contribution in [2.24, 2.45) is 0 Å². The molecule has 2 aromatic heterocycles. The molecule has 0 aliphatic rings. The van der Waals surface area contributed by atoms with Gasteiger partial charge in [-0.3, -0.25) is 5.10 Å². The maximum Gasteiger partial charge on any atom is 0.161 e. The Kier molecular flexibility index (Phi) is 1.65. The number of hydrogen-bond donors (Lipinski definition) is 1. The van der Waals surface area contributed by atoms with Crippen LogP contribution in [0.15, 0.2) is 42.7 Å². The largest absolute Gasteiger partial charge is 0.299 e. The predicted octanol–water partition coefficient (Wildman–Crippen LogP) is 2.64. The van der Waals surface area contributed by atoms with Crippen molar-refractivity contribution in [2.45, 2.75) is 6.92 Å². The minimum atomic E-state index is 0.985. The highest BCUT2D eigenvalue weighted by molar-refractivity contribution is 5.77. The molecule has 3 aromatic rings. The number of fused-ring (bicyclic) bond motifs is 1. The maximum absolute atomic E-state index is 4.39. The number of imidazole rings is 1. The summed E-state index contributed by atoms with van der Waals surface area (Å²) in [5, 5.41) is 3.19. The van der Waals surface area contributed by atoms with Gasteiger partial charge in [0.15, 0.2) is 5.65 Å². The van der Waals surface area contributed by atoms with E-state index in [0.717, 1.165) is 16.9 Å². The van der Waals surface area contributed by atoms with Crippen molar-refractivity contribution in [2.75, 3.05) is 0 Å². The van der Waals surface area contributed by atoms with Crippen LogP contribution < -0.4 is 0 Å². The van der Waals surface area contributed by atoms with Crippen LogP contribution in [-0.2, 0) is 0 Å². The van der Waals surface area contributed by atoms with Crippen LogP contribution in [0.2, 0.25) is 0 Å². The van der Waals surface area contributed by atoms with E-state index >= 15 is 0 Å². The molecule has 0 saturated heterocycles. The minimum absolute atomic E-state index is 0.985. The van der Waals surface area contributed by atoms with E-state index in [-0.39, 0.29) is 0 Å². The lowest BCUT2D eigenvalue weighted by Gasteiger charge is -1.94. The van der Waals surface area contributed by atoms with Gasteiger partial charge in [-0.2, -0.15) is 0 Å². The maximum atomic E-state index is 4.39. The van der Waals surface area contributed by atoms with Crippen LogP contribution in [0.5, 0.6) is 0 Å². The summed E-state index contributed by atoms with van der Waals surface area (Å²) in [5.41, 5.74) is 4.43. The number of nitrogens with one attached hydrogen (secondary N) is 1. The second kappa shape index (κ2) is 2.98. The summed E-state index contributed by atoms with van der Waals surface area (Å²) in [6.07, 6.45) is 3.86. The van der Waals surface area contributed by atoms with Gasteiger partial charge in [-0.1, -0.05) is 30.3 Å². The molecular formula is C12H11N3. The molecule has 0 aliphatic heterocycles. The summed E-state index contributed by atoms with van der Waals surface area (Å²) in [7, 11) is 0. The summed E-state index contributed by atoms with van der Waals surface area (Å²) < 4.78 is 1.99. The van der Waals surface area contributed by atoms with Crippen molar-refractivity contribution < 1.29 is 0 Å². The van der Waals surface area contributed by atoms with Gasteiger partial charge in [-0.25, -0.2) is 9.50 Å². The molecule has 0 fully saturated rings. The Labute approximate surface area is 87.4 Å². The third-order valence-corrected chi connectivity index (χ3v) is 2.60. The summed E-state index contributed by atoms with van der Waals surface area (Å²) >= 11 is 0. The molecule has 0 spiro atoms. The molecule has 3 rings (SSSR count). The number of hydrogen-bond acceptors (Lipinski definition) is 1. The molecule has 0 saturated carbocycles. The number of aromatic nitrogens is 3. The Balaban J connectivity index is 2.28. The number of benzene rings is 1. The third-order valence-electron chi connectivity index (χ3n) is 2.60. The van der Waals surface area contributed by atoms with Crippen molar-refractivity contribution in [3.05, 3.63) is 48.4 Å². The fourth-order valence-electron chi connectivity index (χ4n) is 1.81. The molecule has 0 unspecified atom stereocenters. The number of aromatic amines is 1. The highest BCUT2D eigenvalue weighted by Crippen LogP contribution is 2.23. The average Bonchev–Trinajstić information content (AvgIpc) is 2.83. The fraction of sp³-hybridized carbons (Fsp3) is 0.0833. The van der Waals surface area contributed by atoms with Gasteiger partial charge in [0.25, 0.3) is 0 Å². The Morgan fingerprint density at radius 1 is 1.20 bits per heavy atom. The number of aryl methyl sites for hydroxylation is 1. The molecule has 3 nitrogen and oxygen atoms in total. The van der Waals surface area contributed by atoms with Crippen molar-refractivity contribution >= 4 is 5.65 Å². The highest BCUT2D eigenvalue weighted by atomic mass is 15.3. The lowest BCUT2D eigenvalue weighted by molar-refractivity contribution is 0.931. The second-order valence-electron chi connectivity index (χ2n) is 3.61. The van der Waals surface area contributed by atoms with Crippen LogP contribution in [0.4, 0.5) is 0 Å². The molecule has 0 aliphatic carbocycles. The lowest BCUT2D eigenvalue weighted by atomic mass is 10.1. The summed E-state index contributed by atoms with van der Waals surface area (Å²) in [6.45, 7) is 2.03. The third kappa shape index (κ3) is 1.16. The first-order chi connectivity index (χ1) is 7.36. The van der Waals surface area contributed by atoms with Gasteiger partial charge < -0.3 is 0 Å². The zero-order chi connectivity index (χ0) is 10.3. The van der Waals surface area contributed by atoms with Crippen LogP contribution in [0.1, 0.15) is 5.69 Å². The molecule has 3 heteroatoms. The summed E-state index contributed by atoms with van der Waals surface area (Å²) in [6, 6.07) is 10.3. The fourth-order valence-corrected chi connectivity index (χ4v) is 1.81. The Hall–Kier alpha value is -2.03. The van der Waals surface area contributed by atoms with Gasteiger partial charge in [-0.15, -0.1) is 0 Å². The summed E-state index contributed by atoms with van der Waals surface area (Å²) in [5.74, 6) is 0. The number of H-pyrrole nitrogens is 1. The normalized spacial score (nSPS) is 11.0. The highest BCUT2D eigenvalue weighted by Gasteiger charge is 2.08. The Bertz CT molecular complexity index is 590. The van der Waals surface area contributed by atoms with E-state index in [1.165, 1.54) is 5.56 Å². The molecule has 1 aromatic carbocycles. The zero-order valence-corrected chi connectivity index (χ0v) is 8.44. The first-order valence-electron chi connectivity index (χ1n) is 4.93. The van der Waals surface area contributed by atoms with Gasteiger partial charge in [0, 0.05) is 11.8 Å². The number of rotatable bonds is 1. The first kappa shape index (κ1) is 8.29. The second-order valence-corrected chi connectivity index (χ2v) is 3.61. The lowest BCUT2D eigenvalue weighted by Crippen LogP contribution is -1.83. The Morgan fingerprint density at radius 2 is 2.00 bits per heavy atom. The van der Waals surface area contributed by atoms with E-state index in [4.69, 9.17) is 0 Å². The monoisotopic (exact) mass is 197 g/mol. The summed E-state index contributed by atoms with van der Waals surface area (Å²) in [4.78, 5) is 4.39. The van der Waals surface area contributed by atoms with Gasteiger partial charge >= 0.3 is 0 Å². The molecule has 0 atom stereocenters. The molecule has 74 valence electrons. The SMILES string of the molecule is Cc1cnc2c(-c3ccccc3)c[nH]n12. The molecule has 0 bridgehead atoms. The molecule has 2 heterocycles. The standard InChI is InChI=1S/C12H11N3/c1-9-7-13-12-11(8-14-15(9)12)10-5-3-2-4-6-10/h2-8,14H,1H3. The topological polar surface area (TPSA) is 33.1 Å². The van der Waals surface area contributed by atoms with Crippen molar-refractivity contribution in [3.63, 3.8) is 0 Å². The first-order valence-corrected chi connectivity index (χ1v) is 4.93. The number of nitrogens with zero attached hydrogens (tertiary/aromatic N) is 2. The zero-order valence-electron chi connectivity index (χ0n) is 8.44. The van der Waals surface area contributed by atoms with Crippen LogP contribution in [-0.4, -0.2) is 14.6 Å². The average molecular weight is 197 g/mol. The minimum Gasteiger partial charge on any atom is -0.299 e. The molecule has 0 radical (unpaired) electrons. The molecule has 1 N–H and O–H groups in total. The van der Waals surface area contributed by atoms with Crippen LogP contribution in [0.3, 0.4) is 0 Å². The predicted molar refractivity (Wildman–Crippen MR) is 59.7 cm³/mol. The van der Waals surface area contributed by atoms with E-state index in [9.17, 15) is 0 Å². The molecule has 15 heavy (non-hydrogen) atoms. The van der Waals surface area contributed by atoms with Crippen LogP contribution in [0, 0.1) is 6.92 Å². The van der Waals surface area contributed by atoms with E-state index in [1.54, 1.807) is 0 Å². The van der Waals surface area contributed by atoms with Crippen molar-refractivity contribution in [1.82, 2.24) is 14.6 Å². The van der Waals surface area contributed by atoms with Gasteiger partial charge in [0.2, 0.25) is 0 Å². The van der Waals surface area contributed by atoms with Crippen LogP contribution in [0.25, 0.3) is 16.8 Å². The van der Waals surface area contributed by atoms with Crippen molar-refractivity contribution in [1.29, 1.82) is 0 Å². The Morgan fingerprint density at radius 3 is 2.80 bits per heavy atom. The van der Waals surface area contributed by atoms with E-state index in [2.05, 4.69) is 22.2 Å². The van der Waals surface area contributed by atoms with Crippen molar-refractivity contribution in [3.8, 4) is 11.1 Å².